The molecule has 1 amide bonds. The van der Waals surface area contributed by atoms with Gasteiger partial charge in [0.15, 0.2) is 0 Å². The van der Waals surface area contributed by atoms with Crippen molar-refractivity contribution < 1.29 is 13.2 Å². The Kier molecular flexibility index (Phi) is 5.76. The van der Waals surface area contributed by atoms with Gasteiger partial charge in [-0.2, -0.15) is 0 Å². The van der Waals surface area contributed by atoms with E-state index in [0.717, 1.165) is 13.0 Å². The Morgan fingerprint density at radius 1 is 1.47 bits per heavy atom. The van der Waals surface area contributed by atoms with Gasteiger partial charge < -0.3 is 10.6 Å². The first-order valence-electron chi connectivity index (χ1n) is 6.74. The fraction of sp³-hybridized carbons (Fsp3) is 0.917. The topological polar surface area (TPSA) is 78.5 Å². The SMILES string of the molecule is CCN(CCCNC(=O)C1(C)CCNC1)S(C)(=O)=O. The Morgan fingerprint density at radius 2 is 2.16 bits per heavy atom. The smallest absolute Gasteiger partial charge is 0.227 e. The van der Waals surface area contributed by atoms with Gasteiger partial charge in [0.2, 0.25) is 15.9 Å². The molecule has 0 aromatic heterocycles. The Morgan fingerprint density at radius 3 is 2.63 bits per heavy atom. The van der Waals surface area contributed by atoms with Crippen LogP contribution in [0.15, 0.2) is 0 Å². The number of hydrogen-bond acceptors (Lipinski definition) is 4. The largest absolute Gasteiger partial charge is 0.356 e. The summed E-state index contributed by atoms with van der Waals surface area (Å²) in [5, 5.41) is 6.08. The summed E-state index contributed by atoms with van der Waals surface area (Å²) < 4.78 is 24.2. The second-order valence-corrected chi connectivity index (χ2v) is 7.33. The molecule has 1 saturated heterocycles. The molecule has 1 aliphatic heterocycles. The minimum atomic E-state index is -3.13. The highest BCUT2D eigenvalue weighted by atomic mass is 32.2. The third kappa shape index (κ3) is 4.74. The zero-order valence-electron chi connectivity index (χ0n) is 12.0. The number of nitrogens with zero attached hydrogens (tertiary/aromatic N) is 1. The molecule has 0 spiro atoms. The summed E-state index contributed by atoms with van der Waals surface area (Å²) in [6.07, 6.45) is 2.69. The number of carbonyl (C=O) groups is 1. The van der Waals surface area contributed by atoms with Gasteiger partial charge in [0.05, 0.1) is 11.7 Å². The number of nitrogens with one attached hydrogen (secondary N) is 2. The number of carbonyl (C=O) groups excluding carboxylic acids is 1. The maximum atomic E-state index is 12.0. The zero-order chi connectivity index (χ0) is 14.5. The average molecular weight is 291 g/mol. The molecule has 1 fully saturated rings. The van der Waals surface area contributed by atoms with E-state index >= 15 is 0 Å². The van der Waals surface area contributed by atoms with E-state index in [4.69, 9.17) is 0 Å². The van der Waals surface area contributed by atoms with E-state index in [9.17, 15) is 13.2 Å². The fourth-order valence-electron chi connectivity index (χ4n) is 2.24. The average Bonchev–Trinajstić information content (AvgIpc) is 2.75. The summed E-state index contributed by atoms with van der Waals surface area (Å²) >= 11 is 0. The van der Waals surface area contributed by atoms with Gasteiger partial charge >= 0.3 is 0 Å². The number of amides is 1. The van der Waals surface area contributed by atoms with Crippen LogP contribution in [0, 0.1) is 5.41 Å². The second kappa shape index (κ2) is 6.67. The van der Waals surface area contributed by atoms with Gasteiger partial charge in [-0.15, -0.1) is 0 Å². The van der Waals surface area contributed by atoms with E-state index in [1.54, 1.807) is 0 Å². The fourth-order valence-corrected chi connectivity index (χ4v) is 3.17. The summed E-state index contributed by atoms with van der Waals surface area (Å²) in [5.74, 6) is 0.0555. The van der Waals surface area contributed by atoms with Crippen LogP contribution in [-0.2, 0) is 14.8 Å². The molecule has 0 saturated carbocycles. The lowest BCUT2D eigenvalue weighted by Gasteiger charge is -2.22. The first-order chi connectivity index (χ1) is 8.79. The van der Waals surface area contributed by atoms with E-state index in [1.807, 2.05) is 13.8 Å². The van der Waals surface area contributed by atoms with Crippen molar-refractivity contribution in [2.24, 2.45) is 5.41 Å². The molecule has 0 bridgehead atoms. The van der Waals surface area contributed by atoms with Crippen LogP contribution in [0.25, 0.3) is 0 Å². The van der Waals surface area contributed by atoms with Gasteiger partial charge in [-0.3, -0.25) is 4.79 Å². The van der Waals surface area contributed by atoms with Crippen LogP contribution in [0.4, 0.5) is 0 Å². The van der Waals surface area contributed by atoms with Crippen molar-refractivity contribution in [2.75, 3.05) is 39.0 Å². The number of sulfonamides is 1. The Hall–Kier alpha value is -0.660. The number of rotatable bonds is 7. The van der Waals surface area contributed by atoms with Crippen LogP contribution < -0.4 is 10.6 Å². The van der Waals surface area contributed by atoms with Gasteiger partial charge in [0.25, 0.3) is 0 Å². The molecule has 1 atom stereocenters. The molecular weight excluding hydrogens is 266 g/mol. The molecule has 6 nitrogen and oxygen atoms in total. The van der Waals surface area contributed by atoms with Gasteiger partial charge in [0, 0.05) is 26.2 Å². The maximum absolute atomic E-state index is 12.0. The molecule has 112 valence electrons. The first-order valence-corrected chi connectivity index (χ1v) is 8.58. The van der Waals surface area contributed by atoms with Crippen molar-refractivity contribution in [1.29, 1.82) is 0 Å². The molecule has 7 heteroatoms. The van der Waals surface area contributed by atoms with Crippen LogP contribution in [-0.4, -0.2) is 57.6 Å². The molecule has 2 N–H and O–H groups in total. The summed E-state index contributed by atoms with van der Waals surface area (Å²) in [4.78, 5) is 12.0. The van der Waals surface area contributed by atoms with Crippen molar-refractivity contribution >= 4 is 15.9 Å². The molecule has 0 aromatic rings. The highest BCUT2D eigenvalue weighted by Gasteiger charge is 2.35. The highest BCUT2D eigenvalue weighted by molar-refractivity contribution is 7.88. The lowest BCUT2D eigenvalue weighted by atomic mass is 9.89. The van der Waals surface area contributed by atoms with Gasteiger partial charge in [0.1, 0.15) is 0 Å². The second-order valence-electron chi connectivity index (χ2n) is 5.35. The van der Waals surface area contributed by atoms with Crippen LogP contribution in [0.2, 0.25) is 0 Å². The van der Waals surface area contributed by atoms with Crippen LogP contribution >= 0.6 is 0 Å². The predicted molar refractivity (Wildman–Crippen MR) is 75.3 cm³/mol. The maximum Gasteiger partial charge on any atom is 0.227 e. The molecular formula is C12H25N3O3S. The first kappa shape index (κ1) is 16.4. The standard InChI is InChI=1S/C12H25N3O3S/c1-4-15(19(3,17)18)9-5-7-14-11(16)12(2)6-8-13-10-12/h13H,4-10H2,1-3H3,(H,14,16). The molecule has 1 rings (SSSR count). The minimum absolute atomic E-state index is 0.0555. The van der Waals surface area contributed by atoms with Crippen LogP contribution in [0.1, 0.15) is 26.7 Å². The van der Waals surface area contributed by atoms with Crippen molar-refractivity contribution in [3.63, 3.8) is 0 Å². The molecule has 0 aromatic carbocycles. The summed E-state index contributed by atoms with van der Waals surface area (Å²) in [6, 6.07) is 0. The van der Waals surface area contributed by atoms with Crippen LogP contribution in [0.5, 0.6) is 0 Å². The third-order valence-electron chi connectivity index (χ3n) is 3.61. The highest BCUT2D eigenvalue weighted by Crippen LogP contribution is 2.24. The molecule has 0 radical (unpaired) electrons. The monoisotopic (exact) mass is 291 g/mol. The quantitative estimate of drug-likeness (QED) is 0.635. The lowest BCUT2D eigenvalue weighted by Crippen LogP contribution is -2.41. The van der Waals surface area contributed by atoms with E-state index in [0.29, 0.717) is 32.6 Å². The van der Waals surface area contributed by atoms with Gasteiger partial charge in [-0.25, -0.2) is 12.7 Å². The van der Waals surface area contributed by atoms with Crippen molar-refractivity contribution in [1.82, 2.24) is 14.9 Å². The summed E-state index contributed by atoms with van der Waals surface area (Å²) in [7, 11) is -3.13. The van der Waals surface area contributed by atoms with E-state index in [-0.39, 0.29) is 11.3 Å². The Bertz CT molecular complexity index is 402. The zero-order valence-corrected chi connectivity index (χ0v) is 12.8. The van der Waals surface area contributed by atoms with E-state index in [1.165, 1.54) is 10.6 Å². The van der Waals surface area contributed by atoms with E-state index < -0.39 is 10.0 Å². The molecule has 1 aliphatic rings. The molecule has 1 heterocycles. The Labute approximate surface area is 116 Å². The van der Waals surface area contributed by atoms with Gasteiger partial charge in [-0.05, 0) is 26.3 Å². The van der Waals surface area contributed by atoms with Crippen molar-refractivity contribution in [3.8, 4) is 0 Å². The van der Waals surface area contributed by atoms with Gasteiger partial charge in [-0.1, -0.05) is 6.92 Å². The normalized spacial score (nSPS) is 23.8. The van der Waals surface area contributed by atoms with Crippen molar-refractivity contribution in [3.05, 3.63) is 0 Å². The van der Waals surface area contributed by atoms with E-state index in [2.05, 4.69) is 10.6 Å². The predicted octanol–water partition coefficient (Wildman–Crippen LogP) is -0.226. The molecule has 19 heavy (non-hydrogen) atoms. The Balaban J connectivity index is 2.29. The summed E-state index contributed by atoms with van der Waals surface area (Å²) in [6.45, 7) is 6.78. The number of hydrogen-bond donors (Lipinski definition) is 2. The van der Waals surface area contributed by atoms with Crippen molar-refractivity contribution in [2.45, 2.75) is 26.7 Å². The lowest BCUT2D eigenvalue weighted by molar-refractivity contribution is -0.129. The third-order valence-corrected chi connectivity index (χ3v) is 4.99. The summed E-state index contributed by atoms with van der Waals surface area (Å²) in [5.41, 5.74) is -0.318. The minimum Gasteiger partial charge on any atom is -0.356 e. The molecule has 0 aliphatic carbocycles. The molecule has 1 unspecified atom stereocenters. The van der Waals surface area contributed by atoms with Crippen LogP contribution in [0.3, 0.4) is 0 Å².